The Morgan fingerprint density at radius 1 is 1.07 bits per heavy atom. The van der Waals surface area contributed by atoms with Crippen molar-refractivity contribution in [3.05, 3.63) is 59.7 Å². The summed E-state index contributed by atoms with van der Waals surface area (Å²) in [4.78, 5) is 17.4. The SMILES string of the molecule is CN1C(=O)[C@H](c2ccccc2)CC12CCN(Cc1cccc3nonc13)CC2. The van der Waals surface area contributed by atoms with Gasteiger partial charge >= 0.3 is 0 Å². The van der Waals surface area contributed by atoms with Crippen molar-refractivity contribution in [2.75, 3.05) is 20.1 Å². The molecule has 2 saturated heterocycles. The molecular formula is C22H24N4O2. The number of aromatic nitrogens is 2. The van der Waals surface area contributed by atoms with Crippen molar-refractivity contribution in [3.63, 3.8) is 0 Å². The van der Waals surface area contributed by atoms with E-state index in [1.165, 1.54) is 0 Å². The maximum Gasteiger partial charge on any atom is 0.230 e. The monoisotopic (exact) mass is 376 g/mol. The van der Waals surface area contributed by atoms with Gasteiger partial charge in [0, 0.05) is 32.2 Å². The number of piperidine rings is 1. The van der Waals surface area contributed by atoms with E-state index in [4.69, 9.17) is 4.63 Å². The van der Waals surface area contributed by atoms with Crippen LogP contribution in [-0.2, 0) is 11.3 Å². The van der Waals surface area contributed by atoms with E-state index >= 15 is 0 Å². The van der Waals surface area contributed by atoms with Gasteiger partial charge in [0.2, 0.25) is 5.91 Å². The molecule has 2 aliphatic rings. The summed E-state index contributed by atoms with van der Waals surface area (Å²) in [6.45, 7) is 2.78. The number of carbonyl (C=O) groups is 1. The smallest absolute Gasteiger partial charge is 0.230 e. The Kier molecular flexibility index (Phi) is 4.16. The third kappa shape index (κ3) is 2.79. The number of benzene rings is 2. The summed E-state index contributed by atoms with van der Waals surface area (Å²) in [6.07, 6.45) is 2.93. The molecule has 6 nitrogen and oxygen atoms in total. The Hall–Kier alpha value is -2.73. The maximum absolute atomic E-state index is 13.0. The van der Waals surface area contributed by atoms with Gasteiger partial charge in [-0.2, -0.15) is 0 Å². The molecule has 0 aliphatic carbocycles. The molecule has 1 aromatic heterocycles. The van der Waals surface area contributed by atoms with Crippen LogP contribution in [0, 0.1) is 0 Å². The van der Waals surface area contributed by atoms with Crippen LogP contribution in [0.4, 0.5) is 0 Å². The predicted molar refractivity (Wildman–Crippen MR) is 106 cm³/mol. The molecule has 6 heteroatoms. The van der Waals surface area contributed by atoms with Gasteiger partial charge in [-0.05, 0) is 46.8 Å². The highest BCUT2D eigenvalue weighted by molar-refractivity contribution is 5.87. The Bertz CT molecular complexity index is 992. The fourth-order valence-corrected chi connectivity index (χ4v) is 4.91. The van der Waals surface area contributed by atoms with Crippen molar-refractivity contribution in [2.24, 2.45) is 0 Å². The van der Waals surface area contributed by atoms with E-state index in [2.05, 4.69) is 33.4 Å². The van der Waals surface area contributed by atoms with Crippen molar-refractivity contribution < 1.29 is 9.42 Å². The average molecular weight is 376 g/mol. The minimum Gasteiger partial charge on any atom is -0.339 e. The first-order valence-corrected chi connectivity index (χ1v) is 9.91. The van der Waals surface area contributed by atoms with Crippen molar-refractivity contribution in [2.45, 2.75) is 37.3 Å². The van der Waals surface area contributed by atoms with Gasteiger partial charge in [-0.15, -0.1) is 0 Å². The molecule has 0 unspecified atom stereocenters. The summed E-state index contributed by atoms with van der Waals surface area (Å²) in [5, 5.41) is 7.99. The van der Waals surface area contributed by atoms with E-state index in [-0.39, 0.29) is 17.4 Å². The number of nitrogens with zero attached hydrogens (tertiary/aromatic N) is 4. The Labute approximate surface area is 164 Å². The lowest BCUT2D eigenvalue weighted by Crippen LogP contribution is -2.51. The van der Waals surface area contributed by atoms with Gasteiger partial charge in [-0.3, -0.25) is 9.69 Å². The number of carbonyl (C=O) groups excluding carboxylic acids is 1. The Morgan fingerprint density at radius 2 is 1.86 bits per heavy atom. The normalized spacial score (nSPS) is 22.4. The van der Waals surface area contributed by atoms with E-state index in [0.717, 1.165) is 61.1 Å². The summed E-state index contributed by atoms with van der Waals surface area (Å²) in [5.74, 6) is 0.255. The number of likely N-dealkylation sites (tertiary alicyclic amines) is 2. The molecule has 5 rings (SSSR count). The van der Waals surface area contributed by atoms with Crippen molar-refractivity contribution in [1.82, 2.24) is 20.1 Å². The molecule has 3 heterocycles. The fraction of sp³-hybridized carbons (Fsp3) is 0.409. The van der Waals surface area contributed by atoms with Gasteiger partial charge in [0.15, 0.2) is 0 Å². The third-order valence-electron chi connectivity index (χ3n) is 6.68. The van der Waals surface area contributed by atoms with Crippen molar-refractivity contribution in [1.29, 1.82) is 0 Å². The highest BCUT2D eigenvalue weighted by atomic mass is 16.6. The highest BCUT2D eigenvalue weighted by Crippen LogP contribution is 2.45. The second kappa shape index (κ2) is 6.71. The molecule has 2 aliphatic heterocycles. The zero-order chi connectivity index (χ0) is 19.1. The highest BCUT2D eigenvalue weighted by Gasteiger charge is 2.50. The van der Waals surface area contributed by atoms with Crippen LogP contribution in [0.2, 0.25) is 0 Å². The second-order valence-corrected chi connectivity index (χ2v) is 8.11. The largest absolute Gasteiger partial charge is 0.339 e. The van der Waals surface area contributed by atoms with Crippen LogP contribution in [0.1, 0.15) is 36.3 Å². The van der Waals surface area contributed by atoms with E-state index in [1.54, 1.807) is 0 Å². The van der Waals surface area contributed by atoms with Crippen LogP contribution in [0.25, 0.3) is 11.0 Å². The lowest BCUT2D eigenvalue weighted by Gasteiger charge is -2.43. The number of likely N-dealkylation sites (N-methyl/N-ethyl adjacent to an activating group) is 1. The standard InChI is InChI=1S/C22H24N4O2/c1-25-21(27)18(16-6-3-2-4-7-16)14-22(25)10-12-26(13-11-22)15-17-8-5-9-19-20(17)24-28-23-19/h2-9,18H,10-15H2,1H3/t18-/m0/s1. The molecule has 0 bridgehead atoms. The average Bonchev–Trinajstić information content (AvgIpc) is 3.31. The Morgan fingerprint density at radius 3 is 2.64 bits per heavy atom. The van der Waals surface area contributed by atoms with Gasteiger partial charge in [0.05, 0.1) is 5.92 Å². The first-order chi connectivity index (χ1) is 13.7. The lowest BCUT2D eigenvalue weighted by molar-refractivity contribution is -0.131. The number of amides is 1. The molecule has 0 saturated carbocycles. The summed E-state index contributed by atoms with van der Waals surface area (Å²) < 4.78 is 4.89. The van der Waals surface area contributed by atoms with Gasteiger partial charge in [-0.1, -0.05) is 42.5 Å². The first kappa shape index (κ1) is 17.4. The Balaban J connectivity index is 1.30. The zero-order valence-electron chi connectivity index (χ0n) is 16.0. The quantitative estimate of drug-likeness (QED) is 0.702. The molecule has 3 aromatic rings. The summed E-state index contributed by atoms with van der Waals surface area (Å²) >= 11 is 0. The molecule has 28 heavy (non-hydrogen) atoms. The summed E-state index contributed by atoms with van der Waals surface area (Å²) in [7, 11) is 1.99. The molecule has 0 radical (unpaired) electrons. The fourth-order valence-electron chi connectivity index (χ4n) is 4.91. The van der Waals surface area contributed by atoms with Crippen LogP contribution >= 0.6 is 0 Å². The van der Waals surface area contributed by atoms with E-state index in [0.29, 0.717) is 0 Å². The molecule has 144 valence electrons. The van der Waals surface area contributed by atoms with Crippen LogP contribution in [0.15, 0.2) is 53.2 Å². The third-order valence-corrected chi connectivity index (χ3v) is 6.68. The zero-order valence-corrected chi connectivity index (χ0v) is 16.0. The first-order valence-electron chi connectivity index (χ1n) is 9.91. The van der Waals surface area contributed by atoms with Gasteiger partial charge in [-0.25, -0.2) is 4.63 Å². The van der Waals surface area contributed by atoms with Gasteiger partial charge in [0.25, 0.3) is 0 Å². The van der Waals surface area contributed by atoms with Crippen LogP contribution < -0.4 is 0 Å². The number of hydrogen-bond donors (Lipinski definition) is 0. The van der Waals surface area contributed by atoms with E-state index in [1.807, 2.05) is 42.3 Å². The van der Waals surface area contributed by atoms with Gasteiger partial charge in [0.1, 0.15) is 11.0 Å². The number of fused-ring (bicyclic) bond motifs is 1. The van der Waals surface area contributed by atoms with Crippen LogP contribution in [0.3, 0.4) is 0 Å². The van der Waals surface area contributed by atoms with Crippen molar-refractivity contribution in [3.8, 4) is 0 Å². The van der Waals surface area contributed by atoms with Gasteiger partial charge < -0.3 is 4.90 Å². The van der Waals surface area contributed by atoms with Crippen molar-refractivity contribution >= 4 is 16.9 Å². The molecule has 0 N–H and O–H groups in total. The predicted octanol–water partition coefficient (Wildman–Crippen LogP) is 3.20. The minimum absolute atomic E-state index is 0.00676. The molecule has 1 atom stereocenters. The van der Waals surface area contributed by atoms with Crippen LogP contribution in [0.5, 0.6) is 0 Å². The number of hydrogen-bond acceptors (Lipinski definition) is 5. The van der Waals surface area contributed by atoms with E-state index in [9.17, 15) is 4.79 Å². The van der Waals surface area contributed by atoms with E-state index < -0.39 is 0 Å². The summed E-state index contributed by atoms with van der Waals surface area (Å²) in [6, 6.07) is 16.2. The topological polar surface area (TPSA) is 62.5 Å². The number of rotatable bonds is 3. The van der Waals surface area contributed by atoms with Crippen LogP contribution in [-0.4, -0.2) is 51.7 Å². The molecule has 1 amide bonds. The molecule has 1 spiro atoms. The summed E-state index contributed by atoms with van der Waals surface area (Å²) in [5.41, 5.74) is 3.92. The molecular weight excluding hydrogens is 352 g/mol. The lowest BCUT2D eigenvalue weighted by atomic mass is 9.81. The molecule has 2 aromatic carbocycles. The minimum atomic E-state index is -0.0183. The second-order valence-electron chi connectivity index (χ2n) is 8.11. The maximum atomic E-state index is 13.0. The molecule has 2 fully saturated rings.